The number of aryl methyl sites for hydroxylation is 1. The maximum Gasteiger partial charge on any atom is 0.255 e. The van der Waals surface area contributed by atoms with Crippen molar-refractivity contribution in [3.63, 3.8) is 0 Å². The van der Waals surface area contributed by atoms with Crippen molar-refractivity contribution in [2.45, 2.75) is 6.92 Å². The number of carbonyl (C=O) groups excluding carboxylic acids is 1. The molecule has 0 bridgehead atoms. The summed E-state index contributed by atoms with van der Waals surface area (Å²) in [5.74, 6) is -0.673. The van der Waals surface area contributed by atoms with Gasteiger partial charge >= 0.3 is 0 Å². The fourth-order valence-electron chi connectivity index (χ4n) is 2.07. The number of anilines is 1. The van der Waals surface area contributed by atoms with Gasteiger partial charge in [0.25, 0.3) is 5.91 Å². The Morgan fingerprint density at radius 1 is 1.18 bits per heavy atom. The number of rotatable bonds is 3. The minimum Gasteiger partial charge on any atom is -0.322 e. The largest absolute Gasteiger partial charge is 0.322 e. The fraction of sp³-hybridized carbons (Fsp3) is 0.0667. The maximum atomic E-state index is 12.9. The van der Waals surface area contributed by atoms with E-state index in [0.717, 1.165) is 11.3 Å². The Kier molecular flexibility index (Phi) is 3.61. The van der Waals surface area contributed by atoms with E-state index in [1.165, 1.54) is 30.6 Å². The van der Waals surface area contributed by atoms with Gasteiger partial charge in [-0.05, 0) is 65.4 Å². The molecule has 0 saturated carbocycles. The molecule has 22 heavy (non-hydrogen) atoms. The molecule has 1 aromatic heterocycles. The van der Waals surface area contributed by atoms with Crippen molar-refractivity contribution in [2.24, 2.45) is 0 Å². The van der Waals surface area contributed by atoms with E-state index in [1.807, 2.05) is 19.1 Å². The zero-order valence-electron chi connectivity index (χ0n) is 11.7. The lowest BCUT2D eigenvalue weighted by Gasteiger charge is -2.09. The van der Waals surface area contributed by atoms with Crippen molar-refractivity contribution < 1.29 is 9.18 Å². The summed E-state index contributed by atoms with van der Waals surface area (Å²) < 4.78 is 14.4. The molecule has 0 radical (unpaired) electrons. The molecule has 2 aromatic carbocycles. The smallest absolute Gasteiger partial charge is 0.255 e. The molecular formula is C15H12FN5O. The Morgan fingerprint density at radius 2 is 1.95 bits per heavy atom. The first-order valence-corrected chi connectivity index (χ1v) is 6.54. The van der Waals surface area contributed by atoms with Gasteiger partial charge in [-0.25, -0.2) is 9.07 Å². The van der Waals surface area contributed by atoms with E-state index in [9.17, 15) is 9.18 Å². The van der Waals surface area contributed by atoms with E-state index in [0.29, 0.717) is 11.3 Å². The van der Waals surface area contributed by atoms with Crippen LogP contribution in [0.1, 0.15) is 15.9 Å². The number of carbonyl (C=O) groups is 1. The standard InChI is InChI=1S/C15H12FN5O/c1-10-8-13(6-7-14(10)21-9-17-19-20-21)18-15(22)11-2-4-12(16)5-3-11/h2-9H,1H3,(H,18,22). The first-order valence-electron chi connectivity index (χ1n) is 6.54. The first-order chi connectivity index (χ1) is 10.6. The lowest BCUT2D eigenvalue weighted by Crippen LogP contribution is -2.12. The summed E-state index contributed by atoms with van der Waals surface area (Å²) in [6, 6.07) is 10.8. The monoisotopic (exact) mass is 297 g/mol. The van der Waals surface area contributed by atoms with Gasteiger partial charge < -0.3 is 5.32 Å². The van der Waals surface area contributed by atoms with Crippen molar-refractivity contribution >= 4 is 11.6 Å². The average Bonchev–Trinajstić information content (AvgIpc) is 3.02. The summed E-state index contributed by atoms with van der Waals surface area (Å²) >= 11 is 0. The number of tetrazole rings is 1. The Balaban J connectivity index is 1.80. The second-order valence-corrected chi connectivity index (χ2v) is 4.72. The van der Waals surface area contributed by atoms with Crippen LogP contribution < -0.4 is 5.32 Å². The number of halogens is 1. The molecule has 0 unspecified atom stereocenters. The topological polar surface area (TPSA) is 72.7 Å². The van der Waals surface area contributed by atoms with Gasteiger partial charge in [0.05, 0.1) is 5.69 Å². The summed E-state index contributed by atoms with van der Waals surface area (Å²) in [5, 5.41) is 13.8. The zero-order valence-corrected chi connectivity index (χ0v) is 11.7. The van der Waals surface area contributed by atoms with E-state index in [2.05, 4.69) is 20.8 Å². The van der Waals surface area contributed by atoms with Crippen molar-refractivity contribution in [2.75, 3.05) is 5.32 Å². The molecule has 0 aliphatic rings. The summed E-state index contributed by atoms with van der Waals surface area (Å²) in [7, 11) is 0. The predicted molar refractivity (Wildman–Crippen MR) is 78.2 cm³/mol. The normalized spacial score (nSPS) is 10.5. The highest BCUT2D eigenvalue weighted by Gasteiger charge is 2.08. The highest BCUT2D eigenvalue weighted by molar-refractivity contribution is 6.04. The van der Waals surface area contributed by atoms with Crippen molar-refractivity contribution in [1.29, 1.82) is 0 Å². The van der Waals surface area contributed by atoms with Gasteiger partial charge in [0, 0.05) is 11.3 Å². The molecule has 1 amide bonds. The molecule has 1 N–H and O–H groups in total. The number of nitrogens with zero attached hydrogens (tertiary/aromatic N) is 4. The Hall–Kier alpha value is -3.09. The summed E-state index contributed by atoms with van der Waals surface area (Å²) in [4.78, 5) is 12.1. The van der Waals surface area contributed by atoms with E-state index in [1.54, 1.807) is 10.7 Å². The summed E-state index contributed by atoms with van der Waals surface area (Å²) in [6.07, 6.45) is 1.50. The van der Waals surface area contributed by atoms with Gasteiger partial charge in [0.15, 0.2) is 0 Å². The third-order valence-corrected chi connectivity index (χ3v) is 3.16. The van der Waals surface area contributed by atoms with Gasteiger partial charge in [-0.15, -0.1) is 5.10 Å². The van der Waals surface area contributed by atoms with Crippen molar-refractivity contribution in [1.82, 2.24) is 20.2 Å². The van der Waals surface area contributed by atoms with Crippen LogP contribution in [0.5, 0.6) is 0 Å². The molecule has 7 heteroatoms. The molecule has 0 aliphatic heterocycles. The molecular weight excluding hydrogens is 285 g/mol. The third-order valence-electron chi connectivity index (χ3n) is 3.16. The van der Waals surface area contributed by atoms with E-state index in [4.69, 9.17) is 0 Å². The number of nitrogens with one attached hydrogen (secondary N) is 1. The molecule has 0 saturated heterocycles. The van der Waals surface area contributed by atoms with Gasteiger partial charge in [0.1, 0.15) is 12.1 Å². The van der Waals surface area contributed by atoms with Crippen LogP contribution in [0.15, 0.2) is 48.8 Å². The molecule has 1 heterocycles. The van der Waals surface area contributed by atoms with Crippen LogP contribution in [-0.4, -0.2) is 26.1 Å². The molecule has 6 nitrogen and oxygen atoms in total. The van der Waals surface area contributed by atoms with Gasteiger partial charge in [-0.3, -0.25) is 4.79 Å². The van der Waals surface area contributed by atoms with Gasteiger partial charge in [0.2, 0.25) is 0 Å². The van der Waals surface area contributed by atoms with Crippen LogP contribution in [0.25, 0.3) is 5.69 Å². The summed E-state index contributed by atoms with van der Waals surface area (Å²) in [6.45, 7) is 1.89. The number of hydrogen-bond acceptors (Lipinski definition) is 4. The number of aromatic nitrogens is 4. The quantitative estimate of drug-likeness (QED) is 0.805. The van der Waals surface area contributed by atoms with Crippen molar-refractivity contribution in [3.05, 3.63) is 65.7 Å². The van der Waals surface area contributed by atoms with E-state index < -0.39 is 0 Å². The molecule has 0 spiro atoms. The Morgan fingerprint density at radius 3 is 2.59 bits per heavy atom. The third kappa shape index (κ3) is 2.83. The number of amides is 1. The SMILES string of the molecule is Cc1cc(NC(=O)c2ccc(F)cc2)ccc1-n1cnnn1. The van der Waals surface area contributed by atoms with Gasteiger partial charge in [-0.1, -0.05) is 0 Å². The lowest BCUT2D eigenvalue weighted by molar-refractivity contribution is 0.102. The van der Waals surface area contributed by atoms with Crippen LogP contribution in [-0.2, 0) is 0 Å². The zero-order chi connectivity index (χ0) is 15.5. The molecule has 0 fully saturated rings. The molecule has 3 aromatic rings. The number of hydrogen-bond donors (Lipinski definition) is 1. The Bertz CT molecular complexity index is 799. The predicted octanol–water partition coefficient (Wildman–Crippen LogP) is 2.36. The maximum absolute atomic E-state index is 12.9. The Labute approximate surface area is 125 Å². The van der Waals surface area contributed by atoms with Crippen LogP contribution in [0.4, 0.5) is 10.1 Å². The lowest BCUT2D eigenvalue weighted by atomic mass is 10.1. The van der Waals surface area contributed by atoms with Crippen LogP contribution in [0, 0.1) is 12.7 Å². The summed E-state index contributed by atoms with van der Waals surface area (Å²) in [5.41, 5.74) is 2.77. The molecule has 0 atom stereocenters. The second-order valence-electron chi connectivity index (χ2n) is 4.72. The molecule has 3 rings (SSSR count). The average molecular weight is 297 g/mol. The van der Waals surface area contributed by atoms with Crippen LogP contribution >= 0.6 is 0 Å². The van der Waals surface area contributed by atoms with E-state index >= 15 is 0 Å². The van der Waals surface area contributed by atoms with Gasteiger partial charge in [-0.2, -0.15) is 0 Å². The number of benzene rings is 2. The van der Waals surface area contributed by atoms with E-state index in [-0.39, 0.29) is 11.7 Å². The second kappa shape index (κ2) is 5.72. The van der Waals surface area contributed by atoms with Crippen LogP contribution in [0.2, 0.25) is 0 Å². The minimum absolute atomic E-state index is 0.297. The minimum atomic E-state index is -0.377. The fourth-order valence-corrected chi connectivity index (χ4v) is 2.07. The highest BCUT2D eigenvalue weighted by atomic mass is 19.1. The molecule has 110 valence electrons. The first kappa shape index (κ1) is 13.9. The molecule has 0 aliphatic carbocycles. The highest BCUT2D eigenvalue weighted by Crippen LogP contribution is 2.18. The van der Waals surface area contributed by atoms with Crippen molar-refractivity contribution in [3.8, 4) is 5.69 Å². The van der Waals surface area contributed by atoms with Crippen LogP contribution in [0.3, 0.4) is 0 Å².